The Balaban J connectivity index is 2.57. The number of aliphatic imine (C=N–C) groups is 1. The molecule has 0 bridgehead atoms. The maximum absolute atomic E-state index is 4.71. The van der Waals surface area contributed by atoms with Crippen LogP contribution in [0.15, 0.2) is 22.1 Å². The lowest BCUT2D eigenvalue weighted by atomic mass is 10.5. The van der Waals surface area contributed by atoms with Gasteiger partial charge in [-0.1, -0.05) is 0 Å². The van der Waals surface area contributed by atoms with Crippen LogP contribution in [-0.4, -0.2) is 17.7 Å². The summed E-state index contributed by atoms with van der Waals surface area (Å²) in [6.45, 7) is 2.75. The molecule has 1 aromatic rings. The molecule has 0 N–H and O–H groups in total. The van der Waals surface area contributed by atoms with Gasteiger partial charge in [-0.2, -0.15) is 0 Å². The first-order chi connectivity index (χ1) is 4.43. The smallest absolute Gasteiger partial charge is 0.181 e. The molecule has 1 aromatic heterocycles. The molecule has 3 heteroatoms. The number of aromatic nitrogens is 1. The Morgan fingerprint density at radius 3 is 3.33 bits per heavy atom. The molecular formula is C6H8N2O. The quantitative estimate of drug-likeness (QED) is 0.554. The highest BCUT2D eigenvalue weighted by atomic mass is 16.3. The average molecular weight is 124 g/mol. The van der Waals surface area contributed by atoms with Crippen LogP contribution in [0.1, 0.15) is 12.6 Å². The Kier molecular flexibility index (Phi) is 2.01. The summed E-state index contributed by atoms with van der Waals surface area (Å²) in [5.41, 5.74) is 0.775. The number of hydrogen-bond acceptors (Lipinski definition) is 3. The van der Waals surface area contributed by atoms with Gasteiger partial charge in [0.25, 0.3) is 0 Å². The van der Waals surface area contributed by atoms with Crippen LogP contribution in [0.3, 0.4) is 0 Å². The van der Waals surface area contributed by atoms with E-state index in [4.69, 9.17) is 4.42 Å². The largest absolute Gasteiger partial charge is 0.451 e. The van der Waals surface area contributed by atoms with Crippen LogP contribution in [0.5, 0.6) is 0 Å². The Morgan fingerprint density at radius 2 is 2.78 bits per heavy atom. The molecule has 0 fully saturated rings. The van der Waals surface area contributed by atoms with Crippen LogP contribution in [0.2, 0.25) is 0 Å². The maximum atomic E-state index is 4.71. The molecule has 0 spiro atoms. The number of oxazole rings is 1. The number of rotatable bonds is 2. The number of hydrogen-bond donors (Lipinski definition) is 0. The predicted octanol–water partition coefficient (Wildman–Crippen LogP) is 1.11. The first kappa shape index (κ1) is 6.01. The molecule has 3 nitrogen and oxygen atoms in total. The van der Waals surface area contributed by atoms with E-state index >= 15 is 0 Å². The third kappa shape index (κ3) is 1.68. The van der Waals surface area contributed by atoms with E-state index in [2.05, 4.69) is 9.98 Å². The predicted molar refractivity (Wildman–Crippen MR) is 34.6 cm³/mol. The second kappa shape index (κ2) is 3.02. The minimum Gasteiger partial charge on any atom is -0.451 e. The highest BCUT2D eigenvalue weighted by Gasteiger charge is 1.85. The summed E-state index contributed by atoms with van der Waals surface area (Å²) in [6, 6.07) is 0. The van der Waals surface area contributed by atoms with E-state index in [1.807, 2.05) is 6.92 Å². The van der Waals surface area contributed by atoms with Crippen LogP contribution < -0.4 is 0 Å². The summed E-state index contributed by atoms with van der Waals surface area (Å²) >= 11 is 0. The Morgan fingerprint density at radius 1 is 1.89 bits per heavy atom. The van der Waals surface area contributed by atoms with Crippen LogP contribution in [0.25, 0.3) is 0 Å². The lowest BCUT2D eigenvalue weighted by Gasteiger charge is -1.76. The monoisotopic (exact) mass is 124 g/mol. The van der Waals surface area contributed by atoms with Crippen molar-refractivity contribution < 1.29 is 4.42 Å². The molecule has 0 aromatic carbocycles. The Labute approximate surface area is 53.4 Å². The van der Waals surface area contributed by atoms with Crippen LogP contribution in [0, 0.1) is 0 Å². The minimum absolute atomic E-state index is 0.775. The molecule has 1 rings (SSSR count). The summed E-state index contributed by atoms with van der Waals surface area (Å²) in [6.07, 6.45) is 4.62. The standard InChI is InChI=1S/C6H8N2O/c1-2-7-3-6-4-9-5-8-6/h3-5H,2H2,1H3/b7-3-. The third-order valence-electron chi connectivity index (χ3n) is 0.858. The molecule has 1 heterocycles. The van der Waals surface area contributed by atoms with E-state index in [1.165, 1.54) is 6.39 Å². The van der Waals surface area contributed by atoms with Gasteiger partial charge >= 0.3 is 0 Å². The summed E-state index contributed by atoms with van der Waals surface area (Å²) in [5, 5.41) is 0. The van der Waals surface area contributed by atoms with Crippen LogP contribution in [-0.2, 0) is 0 Å². The van der Waals surface area contributed by atoms with Crippen LogP contribution >= 0.6 is 0 Å². The van der Waals surface area contributed by atoms with Crippen molar-refractivity contribution in [1.82, 2.24) is 4.98 Å². The molecule has 0 saturated heterocycles. The fourth-order valence-corrected chi connectivity index (χ4v) is 0.470. The van der Waals surface area contributed by atoms with Gasteiger partial charge in [0.2, 0.25) is 0 Å². The molecule has 0 aliphatic heterocycles. The van der Waals surface area contributed by atoms with E-state index in [1.54, 1.807) is 12.5 Å². The molecule has 0 unspecified atom stereocenters. The van der Waals surface area contributed by atoms with Gasteiger partial charge in [0.1, 0.15) is 12.0 Å². The summed E-state index contributed by atoms with van der Waals surface area (Å²) in [5.74, 6) is 0. The second-order valence-corrected chi connectivity index (χ2v) is 1.54. The van der Waals surface area contributed by atoms with E-state index in [0.717, 1.165) is 12.2 Å². The molecule has 0 atom stereocenters. The van der Waals surface area contributed by atoms with Crippen molar-refractivity contribution >= 4 is 6.21 Å². The first-order valence-electron chi connectivity index (χ1n) is 2.81. The van der Waals surface area contributed by atoms with Crippen molar-refractivity contribution in [3.05, 3.63) is 18.4 Å². The van der Waals surface area contributed by atoms with Gasteiger partial charge in [-0.05, 0) is 6.92 Å². The van der Waals surface area contributed by atoms with Crippen molar-refractivity contribution in [2.45, 2.75) is 6.92 Å². The van der Waals surface area contributed by atoms with E-state index in [9.17, 15) is 0 Å². The first-order valence-corrected chi connectivity index (χ1v) is 2.81. The zero-order valence-electron chi connectivity index (χ0n) is 5.24. The zero-order valence-corrected chi connectivity index (χ0v) is 5.24. The SMILES string of the molecule is CC/N=C\c1cocn1. The van der Waals surface area contributed by atoms with E-state index in [0.29, 0.717) is 0 Å². The fraction of sp³-hybridized carbons (Fsp3) is 0.333. The molecule has 48 valence electrons. The summed E-state index contributed by atoms with van der Waals surface area (Å²) < 4.78 is 4.71. The van der Waals surface area contributed by atoms with Crippen molar-refractivity contribution in [3.8, 4) is 0 Å². The van der Waals surface area contributed by atoms with Gasteiger partial charge in [-0.3, -0.25) is 4.99 Å². The molecular weight excluding hydrogens is 116 g/mol. The molecule has 0 radical (unpaired) electrons. The zero-order chi connectivity index (χ0) is 6.53. The molecule has 9 heavy (non-hydrogen) atoms. The van der Waals surface area contributed by atoms with Gasteiger partial charge in [-0.25, -0.2) is 4.98 Å². The van der Waals surface area contributed by atoms with Gasteiger partial charge in [0.05, 0.1) is 6.21 Å². The van der Waals surface area contributed by atoms with Crippen molar-refractivity contribution in [2.24, 2.45) is 4.99 Å². The highest BCUT2D eigenvalue weighted by molar-refractivity contribution is 5.75. The van der Waals surface area contributed by atoms with Gasteiger partial charge < -0.3 is 4.42 Å². The normalized spacial score (nSPS) is 10.8. The fourth-order valence-electron chi connectivity index (χ4n) is 0.470. The Hall–Kier alpha value is -1.12. The lowest BCUT2D eigenvalue weighted by Crippen LogP contribution is -1.79. The van der Waals surface area contributed by atoms with E-state index < -0.39 is 0 Å². The second-order valence-electron chi connectivity index (χ2n) is 1.54. The lowest BCUT2D eigenvalue weighted by molar-refractivity contribution is 0.557. The third-order valence-corrected chi connectivity index (χ3v) is 0.858. The van der Waals surface area contributed by atoms with Crippen molar-refractivity contribution in [2.75, 3.05) is 6.54 Å². The van der Waals surface area contributed by atoms with Crippen molar-refractivity contribution in [3.63, 3.8) is 0 Å². The molecule has 0 saturated carbocycles. The Bertz CT molecular complexity index is 179. The minimum atomic E-state index is 0.775. The molecule has 0 amide bonds. The van der Waals surface area contributed by atoms with Gasteiger partial charge in [0.15, 0.2) is 6.39 Å². The molecule has 0 aliphatic carbocycles. The van der Waals surface area contributed by atoms with E-state index in [-0.39, 0.29) is 0 Å². The topological polar surface area (TPSA) is 38.4 Å². The number of nitrogens with zero attached hydrogens (tertiary/aromatic N) is 2. The van der Waals surface area contributed by atoms with Gasteiger partial charge in [0, 0.05) is 6.54 Å². The highest BCUT2D eigenvalue weighted by Crippen LogP contribution is 1.88. The summed E-state index contributed by atoms with van der Waals surface area (Å²) in [4.78, 5) is 7.80. The van der Waals surface area contributed by atoms with Gasteiger partial charge in [-0.15, -0.1) is 0 Å². The summed E-state index contributed by atoms with van der Waals surface area (Å²) in [7, 11) is 0. The average Bonchev–Trinajstić information content (AvgIpc) is 2.34. The molecule has 0 aliphatic rings. The maximum Gasteiger partial charge on any atom is 0.181 e. The van der Waals surface area contributed by atoms with Crippen LogP contribution in [0.4, 0.5) is 0 Å². The van der Waals surface area contributed by atoms with Crippen molar-refractivity contribution in [1.29, 1.82) is 0 Å².